The molecule has 0 bridgehead atoms. The number of thiocarbonyl (C=S) groups is 1. The number of ether oxygens (including phenoxy) is 1. The fraction of sp³-hybridized carbons (Fsp3) is 0.174. The number of amides is 3. The predicted octanol–water partition coefficient (Wildman–Crippen LogP) is 2.80. The van der Waals surface area contributed by atoms with E-state index in [0.29, 0.717) is 29.4 Å². The molecular weight excluding hydrogens is 428 g/mol. The molecule has 162 valence electrons. The van der Waals surface area contributed by atoms with Crippen molar-refractivity contribution in [2.24, 2.45) is 11.0 Å². The summed E-state index contributed by atoms with van der Waals surface area (Å²) in [5, 5.41) is 8.09. The van der Waals surface area contributed by atoms with E-state index in [2.05, 4.69) is 10.4 Å². The highest BCUT2D eigenvalue weighted by Gasteiger charge is 2.39. The van der Waals surface area contributed by atoms with Crippen LogP contribution in [0.3, 0.4) is 0 Å². The van der Waals surface area contributed by atoms with Crippen molar-refractivity contribution in [2.45, 2.75) is 13.8 Å². The number of benzene rings is 2. The Morgan fingerprint density at radius 3 is 2.41 bits per heavy atom. The van der Waals surface area contributed by atoms with Crippen molar-refractivity contribution >= 4 is 52.1 Å². The second kappa shape index (κ2) is 8.72. The number of anilines is 2. The van der Waals surface area contributed by atoms with E-state index in [0.717, 1.165) is 0 Å². The van der Waals surface area contributed by atoms with E-state index >= 15 is 0 Å². The zero-order valence-corrected chi connectivity index (χ0v) is 18.3. The maximum absolute atomic E-state index is 13.2. The first kappa shape index (κ1) is 21.4. The van der Waals surface area contributed by atoms with E-state index in [4.69, 9.17) is 17.0 Å². The molecule has 32 heavy (non-hydrogen) atoms. The topological polar surface area (TPSA) is 91.3 Å². The van der Waals surface area contributed by atoms with E-state index < -0.39 is 17.7 Å². The first-order valence-electron chi connectivity index (χ1n) is 9.99. The molecule has 8 nitrogen and oxygen atoms in total. The van der Waals surface area contributed by atoms with Crippen LogP contribution >= 0.6 is 12.2 Å². The van der Waals surface area contributed by atoms with Crippen molar-refractivity contribution in [3.63, 3.8) is 0 Å². The van der Waals surface area contributed by atoms with Crippen LogP contribution in [-0.4, -0.2) is 35.2 Å². The molecule has 0 spiro atoms. The highest BCUT2D eigenvalue weighted by Crippen LogP contribution is 2.28. The van der Waals surface area contributed by atoms with Gasteiger partial charge in [0.1, 0.15) is 11.3 Å². The third-order valence-corrected chi connectivity index (χ3v) is 5.31. The molecule has 3 amide bonds. The first-order chi connectivity index (χ1) is 15.4. The quantitative estimate of drug-likeness (QED) is 0.432. The summed E-state index contributed by atoms with van der Waals surface area (Å²) in [6, 6.07) is 15.7. The number of hydrazone groups is 1. The van der Waals surface area contributed by atoms with Gasteiger partial charge in [-0.25, -0.2) is 0 Å². The van der Waals surface area contributed by atoms with E-state index in [1.54, 1.807) is 55.5 Å². The fourth-order valence-electron chi connectivity index (χ4n) is 3.46. The highest BCUT2D eigenvalue weighted by atomic mass is 32.1. The normalized spacial score (nSPS) is 20.0. The lowest BCUT2D eigenvalue weighted by Gasteiger charge is -2.29. The molecule has 9 heteroatoms. The van der Waals surface area contributed by atoms with Crippen molar-refractivity contribution in [2.75, 3.05) is 16.5 Å². The summed E-state index contributed by atoms with van der Waals surface area (Å²) in [6.45, 7) is 4.07. The molecule has 2 aliphatic heterocycles. The minimum atomic E-state index is -0.839. The lowest BCUT2D eigenvalue weighted by molar-refractivity contribution is -0.122. The van der Waals surface area contributed by atoms with Gasteiger partial charge < -0.3 is 4.74 Å². The van der Waals surface area contributed by atoms with Crippen LogP contribution in [0.25, 0.3) is 0 Å². The van der Waals surface area contributed by atoms with Crippen LogP contribution in [0, 0.1) is 5.92 Å². The minimum absolute atomic E-state index is 0.0321. The van der Waals surface area contributed by atoms with Gasteiger partial charge in [0.2, 0.25) is 0 Å². The Kier molecular flexibility index (Phi) is 5.83. The highest BCUT2D eigenvalue weighted by molar-refractivity contribution is 7.80. The monoisotopic (exact) mass is 448 g/mol. The van der Waals surface area contributed by atoms with Crippen molar-refractivity contribution in [3.05, 3.63) is 66.2 Å². The number of rotatable bonds is 5. The standard InChI is InChI=1S/C23H20N4O4S/c1-3-31-17-11-9-15(10-12-17)26-21(29)19(20(28)24-23(26)32)13-18-14(2)25-27(22(18)30)16-7-5-4-6-8-16/h4-13,18H,3H2,1-2H3,(H,24,28,32)/b19-13-/t18-/m0/s1. The molecule has 1 N–H and O–H groups in total. The van der Waals surface area contributed by atoms with Gasteiger partial charge in [-0.05, 0) is 68.5 Å². The van der Waals surface area contributed by atoms with Crippen LogP contribution in [0.2, 0.25) is 0 Å². The zero-order chi connectivity index (χ0) is 22.8. The van der Waals surface area contributed by atoms with E-state index in [-0.39, 0.29) is 16.6 Å². The summed E-state index contributed by atoms with van der Waals surface area (Å²) in [4.78, 5) is 40.0. The summed E-state index contributed by atoms with van der Waals surface area (Å²) in [6.07, 6.45) is 1.35. The Morgan fingerprint density at radius 1 is 1.06 bits per heavy atom. The van der Waals surface area contributed by atoms with Gasteiger partial charge >= 0.3 is 0 Å². The summed E-state index contributed by atoms with van der Waals surface area (Å²) >= 11 is 5.23. The number of para-hydroxylation sites is 1. The molecule has 1 atom stereocenters. The third kappa shape index (κ3) is 3.90. The summed E-state index contributed by atoms with van der Waals surface area (Å²) in [5.74, 6) is -1.80. The lowest BCUT2D eigenvalue weighted by atomic mass is 9.98. The molecule has 1 saturated heterocycles. The van der Waals surface area contributed by atoms with Gasteiger partial charge in [-0.15, -0.1) is 0 Å². The molecule has 0 saturated carbocycles. The molecule has 2 aliphatic rings. The number of carbonyl (C=O) groups is 3. The molecule has 1 fully saturated rings. The average Bonchev–Trinajstić information content (AvgIpc) is 3.06. The number of hydrogen-bond donors (Lipinski definition) is 1. The Balaban J connectivity index is 1.63. The van der Waals surface area contributed by atoms with Gasteiger partial charge in [-0.2, -0.15) is 10.1 Å². The van der Waals surface area contributed by atoms with E-state index in [1.807, 2.05) is 13.0 Å². The largest absolute Gasteiger partial charge is 0.494 e. The molecule has 0 aromatic heterocycles. The van der Waals surface area contributed by atoms with Gasteiger partial charge in [0.25, 0.3) is 17.7 Å². The van der Waals surface area contributed by atoms with Crippen molar-refractivity contribution < 1.29 is 19.1 Å². The second-order valence-electron chi connectivity index (χ2n) is 7.11. The van der Waals surface area contributed by atoms with Crippen LogP contribution in [0.1, 0.15) is 13.8 Å². The Labute approximate surface area is 190 Å². The molecular formula is C23H20N4O4S. The summed E-state index contributed by atoms with van der Waals surface area (Å²) in [7, 11) is 0. The first-order valence-corrected chi connectivity index (χ1v) is 10.4. The third-order valence-electron chi connectivity index (χ3n) is 5.02. The van der Waals surface area contributed by atoms with Gasteiger partial charge in [0, 0.05) is 0 Å². The Morgan fingerprint density at radius 2 is 1.75 bits per heavy atom. The average molecular weight is 449 g/mol. The Hall–Kier alpha value is -3.85. The molecule has 0 radical (unpaired) electrons. The number of nitrogens with zero attached hydrogens (tertiary/aromatic N) is 3. The second-order valence-corrected chi connectivity index (χ2v) is 7.50. The van der Waals surface area contributed by atoms with Gasteiger partial charge in [0.15, 0.2) is 5.11 Å². The summed E-state index contributed by atoms with van der Waals surface area (Å²) < 4.78 is 5.43. The van der Waals surface area contributed by atoms with Crippen LogP contribution in [-0.2, 0) is 14.4 Å². The van der Waals surface area contributed by atoms with Crippen molar-refractivity contribution in [1.82, 2.24) is 5.32 Å². The van der Waals surface area contributed by atoms with Gasteiger partial charge in [-0.3, -0.25) is 24.6 Å². The smallest absolute Gasteiger partial charge is 0.269 e. The Bertz CT molecular complexity index is 1160. The zero-order valence-electron chi connectivity index (χ0n) is 17.4. The molecule has 0 unspecified atom stereocenters. The van der Waals surface area contributed by atoms with E-state index in [1.165, 1.54) is 16.0 Å². The molecule has 2 aromatic rings. The van der Waals surface area contributed by atoms with Gasteiger partial charge in [-0.1, -0.05) is 18.2 Å². The SMILES string of the molecule is CCOc1ccc(N2C(=O)/C(=C\[C@@H]3C(=O)N(c4ccccc4)N=C3C)C(=O)NC2=S)cc1. The molecule has 0 aliphatic carbocycles. The van der Waals surface area contributed by atoms with Crippen LogP contribution < -0.4 is 20.0 Å². The predicted molar refractivity (Wildman–Crippen MR) is 124 cm³/mol. The molecule has 2 aromatic carbocycles. The van der Waals surface area contributed by atoms with Gasteiger partial charge in [0.05, 0.1) is 29.6 Å². The number of carbonyl (C=O) groups excluding carboxylic acids is 3. The fourth-order valence-corrected chi connectivity index (χ4v) is 3.74. The van der Waals surface area contributed by atoms with Crippen molar-refractivity contribution in [1.29, 1.82) is 0 Å². The number of nitrogens with one attached hydrogen (secondary N) is 1. The van der Waals surface area contributed by atoms with Crippen LogP contribution in [0.4, 0.5) is 11.4 Å². The maximum Gasteiger partial charge on any atom is 0.269 e. The molecule has 2 heterocycles. The van der Waals surface area contributed by atoms with Crippen LogP contribution in [0.15, 0.2) is 71.3 Å². The number of hydrogen-bond acceptors (Lipinski definition) is 6. The summed E-state index contributed by atoms with van der Waals surface area (Å²) in [5.41, 5.74) is 1.39. The minimum Gasteiger partial charge on any atom is -0.494 e. The van der Waals surface area contributed by atoms with E-state index in [9.17, 15) is 14.4 Å². The molecule has 4 rings (SSSR count). The lowest BCUT2D eigenvalue weighted by Crippen LogP contribution is -2.54. The van der Waals surface area contributed by atoms with Crippen molar-refractivity contribution in [3.8, 4) is 5.75 Å². The maximum atomic E-state index is 13.2. The van der Waals surface area contributed by atoms with Crippen LogP contribution in [0.5, 0.6) is 5.75 Å².